The SMILES string of the molecule is CCN(c1ccccc1)S(=O)(=O)c1ccc(Cl)c(C(=O)Nc2nc3ccccc3s2)c1. The minimum atomic E-state index is -3.89. The van der Waals surface area contributed by atoms with Crippen LogP contribution >= 0.6 is 22.9 Å². The van der Waals surface area contributed by atoms with Crippen molar-refractivity contribution >= 4 is 59.9 Å². The zero-order valence-electron chi connectivity index (χ0n) is 16.4. The first-order chi connectivity index (χ1) is 14.9. The lowest BCUT2D eigenvalue weighted by Crippen LogP contribution is -2.31. The molecule has 158 valence electrons. The number of halogens is 1. The van der Waals surface area contributed by atoms with Gasteiger partial charge in [0.25, 0.3) is 15.9 Å². The molecule has 0 unspecified atom stereocenters. The first-order valence-corrected chi connectivity index (χ1v) is 12.1. The van der Waals surface area contributed by atoms with E-state index < -0.39 is 15.9 Å². The number of para-hydroxylation sites is 2. The van der Waals surface area contributed by atoms with Crippen molar-refractivity contribution in [3.05, 3.63) is 83.4 Å². The van der Waals surface area contributed by atoms with E-state index in [1.54, 1.807) is 31.2 Å². The summed E-state index contributed by atoms with van der Waals surface area (Å²) in [7, 11) is -3.89. The third-order valence-corrected chi connectivity index (χ3v) is 7.80. The van der Waals surface area contributed by atoms with Gasteiger partial charge in [0.1, 0.15) is 0 Å². The first-order valence-electron chi connectivity index (χ1n) is 9.44. The lowest BCUT2D eigenvalue weighted by atomic mass is 10.2. The van der Waals surface area contributed by atoms with Crippen LogP contribution in [0.3, 0.4) is 0 Å². The summed E-state index contributed by atoms with van der Waals surface area (Å²) in [5.41, 5.74) is 1.37. The molecule has 0 fully saturated rings. The molecule has 1 N–H and O–H groups in total. The Balaban J connectivity index is 1.66. The summed E-state index contributed by atoms with van der Waals surface area (Å²) in [6.07, 6.45) is 0. The molecule has 6 nitrogen and oxygen atoms in total. The van der Waals surface area contributed by atoms with Gasteiger partial charge in [-0.15, -0.1) is 0 Å². The van der Waals surface area contributed by atoms with Crippen LogP contribution in [0.2, 0.25) is 5.02 Å². The molecule has 0 atom stereocenters. The largest absolute Gasteiger partial charge is 0.298 e. The molecule has 4 rings (SSSR count). The molecule has 0 saturated carbocycles. The van der Waals surface area contributed by atoms with Gasteiger partial charge in [0.15, 0.2) is 5.13 Å². The lowest BCUT2D eigenvalue weighted by molar-refractivity contribution is 0.102. The zero-order valence-corrected chi connectivity index (χ0v) is 18.8. The normalized spacial score (nSPS) is 11.4. The van der Waals surface area contributed by atoms with Gasteiger partial charge in [-0.1, -0.05) is 53.3 Å². The molecule has 3 aromatic carbocycles. The minimum absolute atomic E-state index is 0.0166. The van der Waals surface area contributed by atoms with Crippen molar-refractivity contribution in [2.75, 3.05) is 16.2 Å². The summed E-state index contributed by atoms with van der Waals surface area (Å²) in [6.45, 7) is 1.99. The van der Waals surface area contributed by atoms with E-state index >= 15 is 0 Å². The predicted molar refractivity (Wildman–Crippen MR) is 126 cm³/mol. The van der Waals surface area contributed by atoms with Crippen LogP contribution in [0.5, 0.6) is 0 Å². The summed E-state index contributed by atoms with van der Waals surface area (Å²) in [5.74, 6) is -0.524. The summed E-state index contributed by atoms with van der Waals surface area (Å²) in [6, 6.07) is 20.4. The van der Waals surface area contributed by atoms with Gasteiger partial charge in [0.05, 0.1) is 31.4 Å². The Morgan fingerprint density at radius 3 is 2.48 bits per heavy atom. The van der Waals surface area contributed by atoms with Crippen molar-refractivity contribution in [3.63, 3.8) is 0 Å². The van der Waals surface area contributed by atoms with E-state index in [1.807, 2.05) is 30.3 Å². The number of hydrogen-bond acceptors (Lipinski definition) is 5. The highest BCUT2D eigenvalue weighted by molar-refractivity contribution is 7.92. The Morgan fingerprint density at radius 1 is 1.06 bits per heavy atom. The number of hydrogen-bond donors (Lipinski definition) is 1. The molecule has 0 aliphatic heterocycles. The molecule has 31 heavy (non-hydrogen) atoms. The first kappa shape index (κ1) is 21.3. The van der Waals surface area contributed by atoms with E-state index in [0.29, 0.717) is 10.8 Å². The van der Waals surface area contributed by atoms with E-state index in [-0.39, 0.29) is 22.0 Å². The molecular formula is C22H18ClN3O3S2. The molecule has 0 bridgehead atoms. The van der Waals surface area contributed by atoms with Crippen molar-refractivity contribution in [1.29, 1.82) is 0 Å². The second-order valence-electron chi connectivity index (χ2n) is 6.59. The molecule has 1 heterocycles. The number of nitrogens with zero attached hydrogens (tertiary/aromatic N) is 2. The van der Waals surface area contributed by atoms with Crippen LogP contribution in [-0.4, -0.2) is 25.9 Å². The number of benzene rings is 3. The second kappa shape index (κ2) is 8.66. The number of anilines is 2. The number of aromatic nitrogens is 1. The number of fused-ring (bicyclic) bond motifs is 1. The molecule has 1 aromatic heterocycles. The van der Waals surface area contributed by atoms with Crippen LogP contribution in [0, 0.1) is 0 Å². The van der Waals surface area contributed by atoms with Crippen LogP contribution in [-0.2, 0) is 10.0 Å². The van der Waals surface area contributed by atoms with E-state index in [4.69, 9.17) is 11.6 Å². The van der Waals surface area contributed by atoms with Gasteiger partial charge in [-0.05, 0) is 49.4 Å². The number of nitrogens with one attached hydrogen (secondary N) is 1. The number of carbonyl (C=O) groups is 1. The van der Waals surface area contributed by atoms with Gasteiger partial charge in [0, 0.05) is 6.54 Å². The van der Waals surface area contributed by atoms with E-state index in [0.717, 1.165) is 10.2 Å². The molecule has 0 saturated heterocycles. The zero-order chi connectivity index (χ0) is 22.0. The van der Waals surface area contributed by atoms with Crippen molar-refractivity contribution in [3.8, 4) is 0 Å². The van der Waals surface area contributed by atoms with Crippen molar-refractivity contribution in [1.82, 2.24) is 4.98 Å². The highest BCUT2D eigenvalue weighted by atomic mass is 35.5. The molecule has 0 aliphatic carbocycles. The Morgan fingerprint density at radius 2 is 1.77 bits per heavy atom. The molecule has 1 amide bonds. The van der Waals surface area contributed by atoms with Crippen molar-refractivity contribution in [2.45, 2.75) is 11.8 Å². The van der Waals surface area contributed by atoms with E-state index in [9.17, 15) is 13.2 Å². The summed E-state index contributed by atoms with van der Waals surface area (Å²) in [4.78, 5) is 17.2. The maximum absolute atomic E-state index is 13.3. The molecule has 4 aromatic rings. The Kier molecular flexibility index (Phi) is 5.95. The topological polar surface area (TPSA) is 79.4 Å². The number of rotatable bonds is 6. The maximum Gasteiger partial charge on any atom is 0.264 e. The molecule has 0 radical (unpaired) electrons. The number of sulfonamides is 1. The monoisotopic (exact) mass is 471 g/mol. The highest BCUT2D eigenvalue weighted by Gasteiger charge is 2.25. The summed E-state index contributed by atoms with van der Waals surface area (Å²) < 4.78 is 28.7. The van der Waals surface area contributed by atoms with Crippen LogP contribution in [0.25, 0.3) is 10.2 Å². The Bertz CT molecular complexity index is 1320. The molecule has 9 heteroatoms. The van der Waals surface area contributed by atoms with Gasteiger partial charge in [-0.3, -0.25) is 14.4 Å². The van der Waals surface area contributed by atoms with Crippen LogP contribution in [0.1, 0.15) is 17.3 Å². The van der Waals surface area contributed by atoms with Crippen molar-refractivity contribution in [2.24, 2.45) is 0 Å². The third kappa shape index (κ3) is 4.27. The van der Waals surface area contributed by atoms with Crippen LogP contribution in [0.4, 0.5) is 10.8 Å². The van der Waals surface area contributed by atoms with Crippen LogP contribution in [0.15, 0.2) is 77.7 Å². The Labute approximate surface area is 189 Å². The molecule has 0 spiro atoms. The van der Waals surface area contributed by atoms with Gasteiger partial charge in [0.2, 0.25) is 0 Å². The summed E-state index contributed by atoms with van der Waals surface area (Å²) >= 11 is 7.56. The number of thiazole rings is 1. The fourth-order valence-corrected chi connectivity index (χ4v) is 5.71. The van der Waals surface area contributed by atoms with Gasteiger partial charge in [-0.25, -0.2) is 13.4 Å². The highest BCUT2D eigenvalue weighted by Crippen LogP contribution is 2.29. The number of carbonyl (C=O) groups excluding carboxylic acids is 1. The fourth-order valence-electron chi connectivity index (χ4n) is 3.14. The minimum Gasteiger partial charge on any atom is -0.298 e. The second-order valence-corrected chi connectivity index (χ2v) is 9.89. The van der Waals surface area contributed by atoms with Gasteiger partial charge in [-0.2, -0.15) is 0 Å². The summed E-state index contributed by atoms with van der Waals surface area (Å²) in [5, 5.41) is 3.28. The third-order valence-electron chi connectivity index (χ3n) is 4.62. The lowest BCUT2D eigenvalue weighted by Gasteiger charge is -2.23. The fraction of sp³-hybridized carbons (Fsp3) is 0.0909. The van der Waals surface area contributed by atoms with Gasteiger partial charge < -0.3 is 0 Å². The van der Waals surface area contributed by atoms with E-state index in [2.05, 4.69) is 10.3 Å². The predicted octanol–water partition coefficient (Wildman–Crippen LogP) is 5.42. The Hall–Kier alpha value is -2.94. The smallest absolute Gasteiger partial charge is 0.264 e. The van der Waals surface area contributed by atoms with Crippen LogP contribution < -0.4 is 9.62 Å². The van der Waals surface area contributed by atoms with Crippen molar-refractivity contribution < 1.29 is 13.2 Å². The molecule has 0 aliphatic rings. The number of amides is 1. The maximum atomic E-state index is 13.3. The average Bonchev–Trinajstić information content (AvgIpc) is 3.17. The van der Waals surface area contributed by atoms with Gasteiger partial charge >= 0.3 is 0 Å². The quantitative estimate of drug-likeness (QED) is 0.407. The standard InChI is InChI=1S/C22H18ClN3O3S2/c1-2-26(15-8-4-3-5-9-15)31(28,29)16-12-13-18(23)17(14-16)21(27)25-22-24-19-10-6-7-11-20(19)30-22/h3-14H,2H2,1H3,(H,24,25,27). The average molecular weight is 472 g/mol. The molecular weight excluding hydrogens is 454 g/mol. The van der Waals surface area contributed by atoms with E-state index in [1.165, 1.54) is 33.8 Å².